The number of imide groups is 1. The van der Waals surface area contributed by atoms with Gasteiger partial charge in [0.05, 0.1) is 11.4 Å². The quantitative estimate of drug-likeness (QED) is 0.550. The smallest absolute Gasteiger partial charge is 0.293 e. The SMILES string of the molecule is C=CCOc1ccc(C=C2SC(=O)N(Cc3ccc(F)cc3)C2=O)cc1. The normalized spacial score (nSPS) is 15.6. The number of nitrogens with zero attached hydrogens (tertiary/aromatic N) is 1. The fourth-order valence-corrected chi connectivity index (χ4v) is 3.21. The van der Waals surface area contributed by atoms with Crippen molar-refractivity contribution in [2.24, 2.45) is 0 Å². The van der Waals surface area contributed by atoms with Crippen LogP contribution in [-0.4, -0.2) is 22.7 Å². The van der Waals surface area contributed by atoms with Crippen LogP contribution in [0.3, 0.4) is 0 Å². The number of benzene rings is 2. The van der Waals surface area contributed by atoms with Gasteiger partial charge in [-0.2, -0.15) is 0 Å². The van der Waals surface area contributed by atoms with Crippen LogP contribution in [0, 0.1) is 5.82 Å². The van der Waals surface area contributed by atoms with Crippen LogP contribution in [0.5, 0.6) is 5.75 Å². The maximum atomic E-state index is 13.0. The summed E-state index contributed by atoms with van der Waals surface area (Å²) in [4.78, 5) is 26.2. The molecule has 0 saturated carbocycles. The molecule has 2 aromatic rings. The lowest BCUT2D eigenvalue weighted by Gasteiger charge is -2.12. The van der Waals surface area contributed by atoms with Crippen molar-refractivity contribution >= 4 is 29.0 Å². The number of hydrogen-bond acceptors (Lipinski definition) is 4. The second-order valence-electron chi connectivity index (χ2n) is 5.56. The van der Waals surface area contributed by atoms with Gasteiger partial charge >= 0.3 is 0 Å². The minimum atomic E-state index is -0.358. The minimum absolute atomic E-state index is 0.122. The van der Waals surface area contributed by atoms with Gasteiger partial charge in [0.2, 0.25) is 0 Å². The van der Waals surface area contributed by atoms with Crippen LogP contribution < -0.4 is 4.74 Å². The lowest BCUT2D eigenvalue weighted by molar-refractivity contribution is -0.123. The van der Waals surface area contributed by atoms with E-state index in [9.17, 15) is 14.0 Å². The molecule has 1 saturated heterocycles. The third-order valence-electron chi connectivity index (χ3n) is 3.67. The molecule has 4 nitrogen and oxygen atoms in total. The maximum absolute atomic E-state index is 13.0. The molecule has 1 aliphatic heterocycles. The second kappa shape index (κ2) is 8.01. The summed E-state index contributed by atoms with van der Waals surface area (Å²) < 4.78 is 18.4. The third kappa shape index (κ3) is 4.21. The molecule has 0 radical (unpaired) electrons. The monoisotopic (exact) mass is 369 g/mol. The summed E-state index contributed by atoms with van der Waals surface area (Å²) in [5.74, 6) is -0.00826. The van der Waals surface area contributed by atoms with Gasteiger partial charge in [-0.3, -0.25) is 14.5 Å². The molecule has 1 fully saturated rings. The number of hydrogen-bond donors (Lipinski definition) is 0. The van der Waals surface area contributed by atoms with E-state index in [0.29, 0.717) is 22.8 Å². The predicted molar refractivity (Wildman–Crippen MR) is 100 cm³/mol. The van der Waals surface area contributed by atoms with Crippen molar-refractivity contribution in [2.75, 3.05) is 6.61 Å². The predicted octanol–water partition coefficient (Wildman–Crippen LogP) is 4.63. The van der Waals surface area contributed by atoms with Crippen molar-refractivity contribution in [3.63, 3.8) is 0 Å². The zero-order chi connectivity index (χ0) is 18.5. The van der Waals surface area contributed by atoms with Crippen LogP contribution in [0.25, 0.3) is 6.08 Å². The Morgan fingerprint density at radius 3 is 2.42 bits per heavy atom. The molecule has 1 aliphatic rings. The molecule has 0 spiro atoms. The third-order valence-corrected chi connectivity index (χ3v) is 4.58. The summed E-state index contributed by atoms with van der Waals surface area (Å²) in [5.41, 5.74) is 1.49. The van der Waals surface area contributed by atoms with Crippen LogP contribution in [0.2, 0.25) is 0 Å². The Morgan fingerprint density at radius 1 is 1.08 bits per heavy atom. The summed E-state index contributed by atoms with van der Waals surface area (Å²) in [6.07, 6.45) is 3.33. The summed E-state index contributed by atoms with van der Waals surface area (Å²) in [5, 5.41) is -0.337. The molecule has 0 N–H and O–H groups in total. The van der Waals surface area contributed by atoms with Gasteiger partial charge in [-0.15, -0.1) is 0 Å². The molecule has 0 aliphatic carbocycles. The van der Waals surface area contributed by atoms with Crippen LogP contribution >= 0.6 is 11.8 Å². The molecule has 2 aromatic carbocycles. The molecule has 6 heteroatoms. The van der Waals surface area contributed by atoms with Crippen LogP contribution in [0.4, 0.5) is 9.18 Å². The van der Waals surface area contributed by atoms with E-state index in [-0.39, 0.29) is 23.5 Å². The second-order valence-corrected chi connectivity index (χ2v) is 6.56. The Balaban J connectivity index is 1.72. The van der Waals surface area contributed by atoms with Crippen molar-refractivity contribution in [1.29, 1.82) is 0 Å². The number of halogens is 1. The summed E-state index contributed by atoms with van der Waals surface area (Å²) in [6.45, 7) is 4.13. The van der Waals surface area contributed by atoms with Gasteiger partial charge in [-0.1, -0.05) is 36.9 Å². The number of carbonyl (C=O) groups is 2. The molecule has 0 unspecified atom stereocenters. The Bertz CT molecular complexity index is 860. The first-order chi connectivity index (χ1) is 12.6. The summed E-state index contributed by atoms with van der Waals surface area (Å²) in [6, 6.07) is 12.9. The average molecular weight is 369 g/mol. The van der Waals surface area contributed by atoms with E-state index in [1.54, 1.807) is 36.4 Å². The highest BCUT2D eigenvalue weighted by molar-refractivity contribution is 8.18. The molecule has 3 rings (SSSR count). The highest BCUT2D eigenvalue weighted by Crippen LogP contribution is 2.33. The zero-order valence-electron chi connectivity index (χ0n) is 13.9. The van der Waals surface area contributed by atoms with Crippen molar-refractivity contribution in [2.45, 2.75) is 6.54 Å². The highest BCUT2D eigenvalue weighted by atomic mass is 32.2. The number of carbonyl (C=O) groups excluding carboxylic acids is 2. The standard InChI is InChI=1S/C20H16FNO3S/c1-2-11-25-17-9-5-14(6-10-17)12-18-19(23)22(20(24)26-18)13-15-3-7-16(21)8-4-15/h2-10,12H,1,11,13H2. The fraction of sp³-hybridized carbons (Fsp3) is 0.100. The average Bonchev–Trinajstić information content (AvgIpc) is 2.90. The molecule has 0 aromatic heterocycles. The number of rotatable bonds is 6. The van der Waals surface area contributed by atoms with Gasteiger partial charge in [0, 0.05) is 0 Å². The number of ether oxygens (including phenoxy) is 1. The lowest BCUT2D eigenvalue weighted by Crippen LogP contribution is -2.27. The summed E-state index contributed by atoms with van der Waals surface area (Å²) in [7, 11) is 0. The first-order valence-corrected chi connectivity index (χ1v) is 8.72. The van der Waals surface area contributed by atoms with E-state index < -0.39 is 0 Å². The van der Waals surface area contributed by atoms with E-state index >= 15 is 0 Å². The van der Waals surface area contributed by atoms with Crippen LogP contribution in [0.15, 0.2) is 66.1 Å². The topological polar surface area (TPSA) is 46.6 Å². The van der Waals surface area contributed by atoms with Gasteiger partial charge in [-0.05, 0) is 53.2 Å². The van der Waals surface area contributed by atoms with Crippen LogP contribution in [0.1, 0.15) is 11.1 Å². The van der Waals surface area contributed by atoms with Gasteiger partial charge in [0.15, 0.2) is 0 Å². The van der Waals surface area contributed by atoms with E-state index in [1.807, 2.05) is 12.1 Å². The van der Waals surface area contributed by atoms with Crippen molar-refractivity contribution in [3.8, 4) is 5.75 Å². The molecule has 2 amide bonds. The molecule has 26 heavy (non-hydrogen) atoms. The zero-order valence-corrected chi connectivity index (χ0v) is 14.7. The Kier molecular flexibility index (Phi) is 5.53. The van der Waals surface area contributed by atoms with Gasteiger partial charge in [0.1, 0.15) is 18.2 Å². The van der Waals surface area contributed by atoms with E-state index in [4.69, 9.17) is 4.74 Å². The fourth-order valence-electron chi connectivity index (χ4n) is 2.38. The molecule has 1 heterocycles. The van der Waals surface area contributed by atoms with Gasteiger partial charge in [0.25, 0.3) is 11.1 Å². The van der Waals surface area contributed by atoms with Crippen LogP contribution in [-0.2, 0) is 11.3 Å². The Hall–Kier alpha value is -2.86. The van der Waals surface area contributed by atoms with E-state index in [0.717, 1.165) is 22.2 Å². The maximum Gasteiger partial charge on any atom is 0.293 e. The van der Waals surface area contributed by atoms with Crippen molar-refractivity contribution in [1.82, 2.24) is 4.90 Å². The van der Waals surface area contributed by atoms with Gasteiger partial charge < -0.3 is 4.74 Å². The lowest BCUT2D eigenvalue weighted by atomic mass is 10.2. The highest BCUT2D eigenvalue weighted by Gasteiger charge is 2.34. The molecule has 0 bridgehead atoms. The van der Waals surface area contributed by atoms with Crippen molar-refractivity contribution in [3.05, 3.63) is 83.0 Å². The van der Waals surface area contributed by atoms with E-state index in [1.165, 1.54) is 12.1 Å². The molecular weight excluding hydrogens is 353 g/mol. The Morgan fingerprint density at radius 2 is 1.77 bits per heavy atom. The molecular formula is C20H16FNO3S. The molecule has 0 atom stereocenters. The Labute approximate surface area is 155 Å². The molecule has 132 valence electrons. The first-order valence-electron chi connectivity index (χ1n) is 7.90. The van der Waals surface area contributed by atoms with Crippen molar-refractivity contribution < 1.29 is 18.7 Å². The number of amides is 2. The summed E-state index contributed by atoms with van der Waals surface area (Å²) >= 11 is 0.897. The minimum Gasteiger partial charge on any atom is -0.490 e. The first kappa shape index (κ1) is 17.9. The van der Waals surface area contributed by atoms with E-state index in [2.05, 4.69) is 6.58 Å². The largest absolute Gasteiger partial charge is 0.490 e. The number of thioether (sulfide) groups is 1. The van der Waals surface area contributed by atoms with Gasteiger partial charge in [-0.25, -0.2) is 4.39 Å².